The van der Waals surface area contributed by atoms with Crippen LogP contribution in [0.4, 0.5) is 11.4 Å². The van der Waals surface area contributed by atoms with E-state index in [2.05, 4.69) is 10.6 Å². The van der Waals surface area contributed by atoms with Gasteiger partial charge in [-0.15, -0.1) is 0 Å². The minimum atomic E-state index is -0.384. The number of rotatable bonds is 7. The number of aryl methyl sites for hydroxylation is 1. The van der Waals surface area contributed by atoms with Gasteiger partial charge in [-0.1, -0.05) is 18.2 Å². The lowest BCUT2D eigenvalue weighted by Gasteiger charge is -2.08. The predicted octanol–water partition coefficient (Wildman–Crippen LogP) is 3.12. The number of methoxy groups -OCH3 is 1. The number of nitriles is 1. The Kier molecular flexibility index (Phi) is 6.55. The smallest absolute Gasteiger partial charge is 0.238 e. The van der Waals surface area contributed by atoms with Gasteiger partial charge in [-0.05, 0) is 42.3 Å². The zero-order valence-corrected chi connectivity index (χ0v) is 13.9. The number of hydrogen-bond donors (Lipinski definition) is 2. The van der Waals surface area contributed by atoms with E-state index >= 15 is 0 Å². The molecular formula is C19H19N3O3. The van der Waals surface area contributed by atoms with Crippen LogP contribution in [0, 0.1) is 11.3 Å². The molecule has 0 spiro atoms. The molecule has 2 aromatic carbocycles. The van der Waals surface area contributed by atoms with Crippen LogP contribution in [0.25, 0.3) is 0 Å². The van der Waals surface area contributed by atoms with E-state index in [1.54, 1.807) is 37.4 Å². The summed E-state index contributed by atoms with van der Waals surface area (Å²) < 4.78 is 5.10. The van der Waals surface area contributed by atoms with Crippen molar-refractivity contribution in [1.29, 1.82) is 5.26 Å². The highest BCUT2D eigenvalue weighted by Gasteiger charge is 2.06. The predicted molar refractivity (Wildman–Crippen MR) is 95.2 cm³/mol. The van der Waals surface area contributed by atoms with Crippen LogP contribution >= 0.6 is 0 Å². The molecule has 0 saturated heterocycles. The van der Waals surface area contributed by atoms with E-state index in [1.807, 2.05) is 24.3 Å². The van der Waals surface area contributed by atoms with Crippen molar-refractivity contribution >= 4 is 23.2 Å². The molecule has 2 rings (SSSR count). The summed E-state index contributed by atoms with van der Waals surface area (Å²) in [5, 5.41) is 13.9. The third-order valence-corrected chi connectivity index (χ3v) is 3.47. The number of ether oxygens (including phenoxy) is 1. The Hall–Kier alpha value is -3.33. The number of amides is 2. The van der Waals surface area contributed by atoms with Gasteiger partial charge in [0.25, 0.3) is 0 Å². The van der Waals surface area contributed by atoms with E-state index in [9.17, 15) is 9.59 Å². The highest BCUT2D eigenvalue weighted by molar-refractivity contribution is 5.94. The number of hydrogen-bond acceptors (Lipinski definition) is 4. The SMILES string of the molecule is COc1ccc(CCC(=O)Nc2cccc(NC(=O)CC#N)c2)cc1. The zero-order valence-electron chi connectivity index (χ0n) is 13.9. The van der Waals surface area contributed by atoms with Crippen LogP contribution in [0.5, 0.6) is 5.75 Å². The molecule has 128 valence electrons. The Morgan fingerprint density at radius 1 is 1.04 bits per heavy atom. The highest BCUT2D eigenvalue weighted by atomic mass is 16.5. The molecule has 0 fully saturated rings. The molecule has 0 heterocycles. The van der Waals surface area contributed by atoms with E-state index in [4.69, 9.17) is 10.00 Å². The van der Waals surface area contributed by atoms with Gasteiger partial charge in [-0.25, -0.2) is 0 Å². The summed E-state index contributed by atoms with van der Waals surface area (Å²) in [7, 11) is 1.61. The van der Waals surface area contributed by atoms with Crippen molar-refractivity contribution in [3.8, 4) is 11.8 Å². The summed E-state index contributed by atoms with van der Waals surface area (Å²) in [6.45, 7) is 0. The van der Waals surface area contributed by atoms with Crippen LogP contribution in [0.15, 0.2) is 48.5 Å². The molecule has 2 N–H and O–H groups in total. The van der Waals surface area contributed by atoms with Crippen LogP contribution in [0.2, 0.25) is 0 Å². The second-order valence-corrected chi connectivity index (χ2v) is 5.36. The van der Waals surface area contributed by atoms with Crippen LogP contribution in [-0.2, 0) is 16.0 Å². The molecule has 0 saturated carbocycles. The second-order valence-electron chi connectivity index (χ2n) is 5.36. The fraction of sp³-hybridized carbons (Fsp3) is 0.211. The zero-order chi connectivity index (χ0) is 18.1. The van der Waals surface area contributed by atoms with E-state index < -0.39 is 0 Å². The van der Waals surface area contributed by atoms with Crippen molar-refractivity contribution in [2.75, 3.05) is 17.7 Å². The van der Waals surface area contributed by atoms with Gasteiger partial charge in [0.15, 0.2) is 0 Å². The second kappa shape index (κ2) is 9.08. The molecule has 0 aliphatic rings. The van der Waals surface area contributed by atoms with Crippen molar-refractivity contribution in [2.45, 2.75) is 19.3 Å². The molecule has 0 unspecified atom stereocenters. The van der Waals surface area contributed by atoms with E-state index in [0.717, 1.165) is 11.3 Å². The Morgan fingerprint density at radius 3 is 2.28 bits per heavy atom. The van der Waals surface area contributed by atoms with Crippen molar-refractivity contribution in [2.24, 2.45) is 0 Å². The summed E-state index contributed by atoms with van der Waals surface area (Å²) in [6, 6.07) is 16.2. The Labute approximate surface area is 146 Å². The van der Waals surface area contributed by atoms with Crippen LogP contribution < -0.4 is 15.4 Å². The van der Waals surface area contributed by atoms with Gasteiger partial charge in [0.2, 0.25) is 11.8 Å². The first kappa shape index (κ1) is 18.0. The van der Waals surface area contributed by atoms with Gasteiger partial charge in [-0.3, -0.25) is 9.59 Å². The third kappa shape index (κ3) is 5.99. The first-order chi connectivity index (χ1) is 12.1. The maximum absolute atomic E-state index is 12.1. The molecule has 25 heavy (non-hydrogen) atoms. The minimum absolute atomic E-state index is 0.115. The molecule has 2 aromatic rings. The van der Waals surface area contributed by atoms with Crippen LogP contribution in [-0.4, -0.2) is 18.9 Å². The lowest BCUT2D eigenvalue weighted by molar-refractivity contribution is -0.116. The van der Waals surface area contributed by atoms with Crippen LogP contribution in [0.1, 0.15) is 18.4 Å². The number of nitrogens with zero attached hydrogens (tertiary/aromatic N) is 1. The summed E-state index contributed by atoms with van der Waals surface area (Å²) in [5.41, 5.74) is 2.18. The third-order valence-electron chi connectivity index (χ3n) is 3.47. The lowest BCUT2D eigenvalue weighted by atomic mass is 10.1. The molecule has 6 nitrogen and oxygen atoms in total. The summed E-state index contributed by atoms with van der Waals surface area (Å²) in [4.78, 5) is 23.5. The summed E-state index contributed by atoms with van der Waals surface area (Å²) in [6.07, 6.45) is 0.754. The van der Waals surface area contributed by atoms with E-state index in [-0.39, 0.29) is 18.2 Å². The molecule has 6 heteroatoms. The number of benzene rings is 2. The minimum Gasteiger partial charge on any atom is -0.497 e. The fourth-order valence-corrected chi connectivity index (χ4v) is 2.23. The first-order valence-corrected chi connectivity index (χ1v) is 7.80. The molecular weight excluding hydrogens is 318 g/mol. The van der Waals surface area contributed by atoms with Crippen LogP contribution in [0.3, 0.4) is 0 Å². The van der Waals surface area contributed by atoms with Gasteiger partial charge in [0, 0.05) is 17.8 Å². The lowest BCUT2D eigenvalue weighted by Crippen LogP contribution is -2.13. The van der Waals surface area contributed by atoms with Crippen molar-refractivity contribution in [3.05, 3.63) is 54.1 Å². The highest BCUT2D eigenvalue weighted by Crippen LogP contribution is 2.16. The standard InChI is InChI=1S/C19H19N3O3/c1-25-17-8-5-14(6-9-17)7-10-18(23)21-15-3-2-4-16(13-15)22-19(24)11-12-20/h2-6,8-9,13H,7,10-11H2,1H3,(H,21,23)(H,22,24). The van der Waals surface area contributed by atoms with Gasteiger partial charge < -0.3 is 15.4 Å². The first-order valence-electron chi connectivity index (χ1n) is 7.80. The largest absolute Gasteiger partial charge is 0.497 e. The van der Waals surface area contributed by atoms with E-state index in [1.165, 1.54) is 0 Å². The monoisotopic (exact) mass is 337 g/mol. The van der Waals surface area contributed by atoms with Crippen molar-refractivity contribution < 1.29 is 14.3 Å². The van der Waals surface area contributed by atoms with Gasteiger partial charge in [0.05, 0.1) is 13.2 Å². The maximum atomic E-state index is 12.1. The van der Waals surface area contributed by atoms with Crippen molar-refractivity contribution in [1.82, 2.24) is 0 Å². The quantitative estimate of drug-likeness (QED) is 0.812. The molecule has 0 radical (unpaired) electrons. The normalized spacial score (nSPS) is 9.76. The van der Waals surface area contributed by atoms with Gasteiger partial charge in [-0.2, -0.15) is 5.26 Å². The Morgan fingerprint density at radius 2 is 1.68 bits per heavy atom. The fourth-order valence-electron chi connectivity index (χ4n) is 2.23. The van der Waals surface area contributed by atoms with Gasteiger partial charge in [0.1, 0.15) is 12.2 Å². The number of nitrogens with one attached hydrogen (secondary N) is 2. The molecule has 0 atom stereocenters. The average molecular weight is 337 g/mol. The Bertz CT molecular complexity index is 779. The molecule has 0 bridgehead atoms. The molecule has 0 aliphatic carbocycles. The molecule has 0 aliphatic heterocycles. The van der Waals surface area contributed by atoms with E-state index in [0.29, 0.717) is 24.2 Å². The number of anilines is 2. The van der Waals surface area contributed by atoms with Gasteiger partial charge >= 0.3 is 0 Å². The number of carbonyl (C=O) groups excluding carboxylic acids is 2. The van der Waals surface area contributed by atoms with Crippen molar-refractivity contribution in [3.63, 3.8) is 0 Å². The summed E-state index contributed by atoms with van der Waals surface area (Å²) >= 11 is 0. The Balaban J connectivity index is 1.87. The number of carbonyl (C=O) groups is 2. The molecule has 0 aromatic heterocycles. The maximum Gasteiger partial charge on any atom is 0.238 e. The topological polar surface area (TPSA) is 91.2 Å². The molecule has 2 amide bonds. The average Bonchev–Trinajstić information content (AvgIpc) is 2.61. The summed E-state index contributed by atoms with van der Waals surface area (Å²) in [5.74, 6) is 0.283.